The fraction of sp³-hybridized carbons (Fsp3) is 0.348. The van der Waals surface area contributed by atoms with Gasteiger partial charge in [0, 0.05) is 5.69 Å². The first-order valence-corrected chi connectivity index (χ1v) is 9.66. The Morgan fingerprint density at radius 2 is 1.43 bits per heavy atom. The number of amides is 2. The van der Waals surface area contributed by atoms with Gasteiger partial charge in [-0.15, -0.1) is 0 Å². The molecule has 2 N–H and O–H groups in total. The van der Waals surface area contributed by atoms with Crippen LogP contribution in [-0.2, 0) is 19.1 Å². The molecule has 0 saturated heterocycles. The van der Waals surface area contributed by atoms with Gasteiger partial charge < -0.3 is 20.1 Å². The Labute approximate surface area is 176 Å². The minimum atomic E-state index is -0.664. The summed E-state index contributed by atoms with van der Waals surface area (Å²) in [6, 6.07) is 9.61. The van der Waals surface area contributed by atoms with Gasteiger partial charge in [0.25, 0.3) is 5.91 Å². The van der Waals surface area contributed by atoms with Crippen LogP contribution >= 0.6 is 0 Å². The highest BCUT2D eigenvalue weighted by Crippen LogP contribution is 2.22. The van der Waals surface area contributed by atoms with Crippen LogP contribution in [0.3, 0.4) is 0 Å². The van der Waals surface area contributed by atoms with Crippen molar-refractivity contribution in [3.05, 3.63) is 58.1 Å². The molecule has 0 fully saturated rings. The number of carbonyl (C=O) groups excluding carboxylic acids is 3. The van der Waals surface area contributed by atoms with Crippen LogP contribution in [0.1, 0.15) is 27.8 Å². The zero-order valence-electron chi connectivity index (χ0n) is 18.0. The number of para-hydroxylation sites is 1. The van der Waals surface area contributed by atoms with E-state index in [1.807, 2.05) is 65.0 Å². The van der Waals surface area contributed by atoms with Gasteiger partial charge in [-0.05, 0) is 56.9 Å². The van der Waals surface area contributed by atoms with Crippen molar-refractivity contribution in [2.24, 2.45) is 0 Å². The van der Waals surface area contributed by atoms with Gasteiger partial charge in [-0.25, -0.2) is 4.79 Å². The van der Waals surface area contributed by atoms with Crippen molar-refractivity contribution in [3.63, 3.8) is 0 Å². The molecule has 0 unspecified atom stereocenters. The second-order valence-corrected chi connectivity index (χ2v) is 7.27. The minimum Gasteiger partial charge on any atom is -0.481 e. The molecule has 2 amide bonds. The second-order valence-electron chi connectivity index (χ2n) is 7.27. The largest absolute Gasteiger partial charge is 0.481 e. The first-order valence-electron chi connectivity index (χ1n) is 9.66. The van der Waals surface area contributed by atoms with Gasteiger partial charge in [-0.1, -0.05) is 35.9 Å². The molecule has 2 aromatic carbocycles. The van der Waals surface area contributed by atoms with Crippen LogP contribution in [-0.4, -0.2) is 37.5 Å². The maximum atomic E-state index is 12.1. The normalized spacial score (nSPS) is 10.3. The predicted molar refractivity (Wildman–Crippen MR) is 115 cm³/mol. The number of aryl methyl sites for hydroxylation is 5. The SMILES string of the molecule is Cc1cc(C)c(NC(=O)CNC(=O)COC(=O)COc2c(C)cccc2C)c(C)c1. The summed E-state index contributed by atoms with van der Waals surface area (Å²) >= 11 is 0. The minimum absolute atomic E-state index is 0.220. The van der Waals surface area contributed by atoms with Crippen molar-refractivity contribution in [1.82, 2.24) is 5.32 Å². The number of carbonyl (C=O) groups is 3. The average Bonchev–Trinajstić information content (AvgIpc) is 2.67. The molecule has 2 aromatic rings. The Kier molecular flexibility index (Phi) is 7.98. The molecular weight excluding hydrogens is 384 g/mol. The maximum Gasteiger partial charge on any atom is 0.344 e. The van der Waals surface area contributed by atoms with Crippen molar-refractivity contribution in [2.45, 2.75) is 34.6 Å². The Morgan fingerprint density at radius 1 is 0.833 bits per heavy atom. The summed E-state index contributed by atoms with van der Waals surface area (Å²) in [5, 5.41) is 5.22. The third-order valence-electron chi connectivity index (χ3n) is 4.49. The van der Waals surface area contributed by atoms with Crippen LogP contribution in [0.25, 0.3) is 0 Å². The molecule has 0 spiro atoms. The van der Waals surface area contributed by atoms with Crippen molar-refractivity contribution < 1.29 is 23.9 Å². The maximum absolute atomic E-state index is 12.1. The highest BCUT2D eigenvalue weighted by molar-refractivity contribution is 5.96. The number of hydrogen-bond donors (Lipinski definition) is 2. The van der Waals surface area contributed by atoms with Gasteiger partial charge in [0.05, 0.1) is 6.54 Å². The zero-order valence-corrected chi connectivity index (χ0v) is 18.0. The number of esters is 1. The van der Waals surface area contributed by atoms with Gasteiger partial charge in [0.1, 0.15) is 5.75 Å². The first-order chi connectivity index (χ1) is 14.2. The number of benzene rings is 2. The van der Waals surface area contributed by atoms with Crippen molar-refractivity contribution in [1.29, 1.82) is 0 Å². The van der Waals surface area contributed by atoms with E-state index >= 15 is 0 Å². The molecule has 0 aromatic heterocycles. The van der Waals surface area contributed by atoms with Crippen LogP contribution in [0.4, 0.5) is 5.69 Å². The van der Waals surface area contributed by atoms with Crippen LogP contribution in [0.15, 0.2) is 30.3 Å². The summed E-state index contributed by atoms with van der Waals surface area (Å²) in [6.07, 6.45) is 0. The summed E-state index contributed by atoms with van der Waals surface area (Å²) in [7, 11) is 0. The summed E-state index contributed by atoms with van der Waals surface area (Å²) in [6.45, 7) is 8.57. The van der Waals surface area contributed by atoms with Gasteiger partial charge in [0.15, 0.2) is 13.2 Å². The van der Waals surface area contributed by atoms with E-state index in [1.165, 1.54) is 0 Å². The number of rotatable bonds is 8. The van der Waals surface area contributed by atoms with Crippen molar-refractivity contribution in [2.75, 3.05) is 25.1 Å². The smallest absolute Gasteiger partial charge is 0.344 e. The average molecular weight is 412 g/mol. The molecule has 0 heterocycles. The van der Waals surface area contributed by atoms with Crippen LogP contribution in [0, 0.1) is 34.6 Å². The molecule has 7 heteroatoms. The first kappa shape index (κ1) is 22.9. The molecule has 30 heavy (non-hydrogen) atoms. The Morgan fingerprint density at radius 3 is 2.03 bits per heavy atom. The van der Waals surface area contributed by atoms with E-state index < -0.39 is 18.5 Å². The third kappa shape index (κ3) is 6.62. The number of ether oxygens (including phenoxy) is 2. The van der Waals surface area contributed by atoms with Gasteiger partial charge >= 0.3 is 5.97 Å². The monoisotopic (exact) mass is 412 g/mol. The number of nitrogens with one attached hydrogen (secondary N) is 2. The summed E-state index contributed by atoms with van der Waals surface area (Å²) < 4.78 is 10.4. The van der Waals surface area contributed by atoms with Crippen molar-refractivity contribution >= 4 is 23.5 Å². The Hall–Kier alpha value is -3.35. The van der Waals surface area contributed by atoms with E-state index in [9.17, 15) is 14.4 Å². The van der Waals surface area contributed by atoms with E-state index in [2.05, 4.69) is 10.6 Å². The lowest BCUT2D eigenvalue weighted by atomic mass is 10.1. The van der Waals surface area contributed by atoms with Crippen LogP contribution in [0.5, 0.6) is 5.75 Å². The van der Waals surface area contributed by atoms with Gasteiger partial charge in [0.2, 0.25) is 5.91 Å². The van der Waals surface area contributed by atoms with Crippen LogP contribution in [0.2, 0.25) is 0 Å². The fourth-order valence-corrected chi connectivity index (χ4v) is 3.14. The molecule has 0 bridgehead atoms. The highest BCUT2D eigenvalue weighted by atomic mass is 16.6. The van der Waals surface area contributed by atoms with E-state index in [-0.39, 0.29) is 19.1 Å². The zero-order chi connectivity index (χ0) is 22.3. The molecular formula is C23H28N2O5. The van der Waals surface area contributed by atoms with Gasteiger partial charge in [-0.3, -0.25) is 9.59 Å². The lowest BCUT2D eigenvalue weighted by molar-refractivity contribution is -0.150. The molecule has 0 saturated carbocycles. The summed E-state index contributed by atoms with van der Waals surface area (Å²) in [5.41, 5.74) is 5.56. The number of hydrogen-bond acceptors (Lipinski definition) is 5. The lowest BCUT2D eigenvalue weighted by Crippen LogP contribution is -2.36. The number of anilines is 1. The lowest BCUT2D eigenvalue weighted by Gasteiger charge is -2.13. The fourth-order valence-electron chi connectivity index (χ4n) is 3.14. The highest BCUT2D eigenvalue weighted by Gasteiger charge is 2.13. The second kappa shape index (κ2) is 10.4. The quantitative estimate of drug-likeness (QED) is 0.650. The van der Waals surface area contributed by atoms with E-state index in [0.29, 0.717) is 5.75 Å². The topological polar surface area (TPSA) is 93.7 Å². The molecule has 0 aliphatic carbocycles. The molecule has 160 valence electrons. The van der Waals surface area contributed by atoms with E-state index in [0.717, 1.165) is 33.5 Å². The van der Waals surface area contributed by atoms with Crippen molar-refractivity contribution in [3.8, 4) is 5.75 Å². The Balaban J connectivity index is 1.73. The molecule has 7 nitrogen and oxygen atoms in total. The van der Waals surface area contributed by atoms with Gasteiger partial charge in [-0.2, -0.15) is 0 Å². The molecule has 2 rings (SSSR count). The predicted octanol–water partition coefficient (Wildman–Crippen LogP) is 2.91. The molecule has 0 aliphatic heterocycles. The molecule has 0 atom stereocenters. The third-order valence-corrected chi connectivity index (χ3v) is 4.49. The Bertz CT molecular complexity index is 909. The van der Waals surface area contributed by atoms with Crippen LogP contribution < -0.4 is 15.4 Å². The molecule has 0 radical (unpaired) electrons. The summed E-state index contributed by atoms with van der Waals surface area (Å²) in [5.74, 6) is -0.966. The standard InChI is InChI=1S/C23H28N2O5/c1-14-9-17(4)22(18(5)10-14)25-19(26)11-24-20(27)12-29-21(28)13-30-23-15(2)7-6-8-16(23)3/h6-10H,11-13H2,1-5H3,(H,24,27)(H,25,26). The summed E-state index contributed by atoms with van der Waals surface area (Å²) in [4.78, 5) is 35.8. The van der Waals surface area contributed by atoms with E-state index in [1.54, 1.807) is 0 Å². The molecule has 0 aliphatic rings. The van der Waals surface area contributed by atoms with E-state index in [4.69, 9.17) is 9.47 Å².